The lowest BCUT2D eigenvalue weighted by atomic mass is 10.0. The Morgan fingerprint density at radius 3 is 2.79 bits per heavy atom. The van der Waals surface area contributed by atoms with Crippen LogP contribution in [0.15, 0.2) is 23.1 Å². The molecule has 2 rings (SSSR count). The number of nitrogens with one attached hydrogen (secondary N) is 1. The van der Waals surface area contributed by atoms with Crippen LogP contribution in [-0.2, 0) is 17.5 Å². The number of amides is 1. The van der Waals surface area contributed by atoms with Crippen molar-refractivity contribution in [3.63, 3.8) is 0 Å². The molecular formula is C16H22F3N3O2. The molecule has 0 radical (unpaired) electrons. The van der Waals surface area contributed by atoms with Crippen LogP contribution >= 0.6 is 0 Å². The summed E-state index contributed by atoms with van der Waals surface area (Å²) >= 11 is 0. The fourth-order valence-electron chi connectivity index (χ4n) is 2.88. The number of likely N-dealkylation sites (tertiary alicyclic amines) is 1. The molecule has 1 aromatic rings. The van der Waals surface area contributed by atoms with E-state index in [2.05, 4.69) is 17.1 Å². The Hall–Kier alpha value is -1.83. The molecule has 1 aliphatic heterocycles. The standard InChI is InChI=1S/C16H22F3N3O2/c1-12-3-2-7-21(9-12)8-6-20-14(23)11-22-10-13(16(17,18)19)4-5-15(22)24/h4-5,10,12H,2-3,6-9,11H2,1H3,(H,20,23)/t12-/m0/s1. The second-order valence-electron chi connectivity index (χ2n) is 6.28. The van der Waals surface area contributed by atoms with Crippen LogP contribution in [0.25, 0.3) is 0 Å². The van der Waals surface area contributed by atoms with Crippen molar-refractivity contribution < 1.29 is 18.0 Å². The monoisotopic (exact) mass is 345 g/mol. The number of rotatable bonds is 5. The Balaban J connectivity index is 1.85. The normalized spacial score (nSPS) is 19.2. The van der Waals surface area contributed by atoms with Gasteiger partial charge >= 0.3 is 6.18 Å². The van der Waals surface area contributed by atoms with E-state index in [-0.39, 0.29) is 0 Å². The van der Waals surface area contributed by atoms with Gasteiger partial charge in [0.1, 0.15) is 6.54 Å². The van der Waals surface area contributed by atoms with Gasteiger partial charge in [-0.25, -0.2) is 0 Å². The van der Waals surface area contributed by atoms with E-state index in [0.717, 1.165) is 30.1 Å². The summed E-state index contributed by atoms with van der Waals surface area (Å²) in [5.41, 5.74) is -1.58. The average Bonchev–Trinajstić information content (AvgIpc) is 2.48. The molecule has 0 bridgehead atoms. The molecule has 1 amide bonds. The van der Waals surface area contributed by atoms with Crippen LogP contribution in [0.4, 0.5) is 13.2 Å². The van der Waals surface area contributed by atoms with Crippen molar-refractivity contribution in [2.45, 2.75) is 32.5 Å². The van der Waals surface area contributed by atoms with Crippen molar-refractivity contribution in [3.8, 4) is 0 Å². The maximum atomic E-state index is 12.7. The number of nitrogens with zero attached hydrogens (tertiary/aromatic N) is 2. The highest BCUT2D eigenvalue weighted by atomic mass is 19.4. The largest absolute Gasteiger partial charge is 0.417 e. The zero-order chi connectivity index (χ0) is 17.7. The molecule has 1 aromatic heterocycles. The molecule has 1 atom stereocenters. The molecule has 8 heteroatoms. The highest BCUT2D eigenvalue weighted by molar-refractivity contribution is 5.75. The van der Waals surface area contributed by atoms with Crippen LogP contribution < -0.4 is 10.9 Å². The van der Waals surface area contributed by atoms with Gasteiger partial charge < -0.3 is 14.8 Å². The van der Waals surface area contributed by atoms with Gasteiger partial charge in [-0.2, -0.15) is 13.2 Å². The summed E-state index contributed by atoms with van der Waals surface area (Å²) in [4.78, 5) is 25.7. The first kappa shape index (κ1) is 18.5. The Labute approximate surface area is 138 Å². The van der Waals surface area contributed by atoms with Crippen molar-refractivity contribution in [1.82, 2.24) is 14.8 Å². The highest BCUT2D eigenvalue weighted by Gasteiger charge is 2.31. The molecule has 0 spiro atoms. The molecule has 1 saturated heterocycles. The first-order valence-corrected chi connectivity index (χ1v) is 8.02. The lowest BCUT2D eigenvalue weighted by Crippen LogP contribution is -2.41. The Kier molecular flexibility index (Phi) is 6.04. The minimum absolute atomic E-state index is 0.416. The van der Waals surface area contributed by atoms with Crippen LogP contribution in [0, 0.1) is 5.92 Å². The second-order valence-corrected chi connectivity index (χ2v) is 6.28. The molecule has 1 fully saturated rings. The summed E-state index contributed by atoms with van der Waals surface area (Å²) in [6.45, 7) is 4.87. The van der Waals surface area contributed by atoms with E-state index >= 15 is 0 Å². The van der Waals surface area contributed by atoms with Crippen LogP contribution in [0.2, 0.25) is 0 Å². The topological polar surface area (TPSA) is 54.3 Å². The SMILES string of the molecule is C[C@H]1CCCN(CCNC(=O)Cn2cc(C(F)(F)F)ccc2=O)C1. The molecule has 1 aliphatic rings. The lowest BCUT2D eigenvalue weighted by Gasteiger charge is -2.30. The Bertz CT molecular complexity index is 628. The maximum absolute atomic E-state index is 12.7. The summed E-state index contributed by atoms with van der Waals surface area (Å²) < 4.78 is 38.7. The number of aromatic nitrogens is 1. The highest BCUT2D eigenvalue weighted by Crippen LogP contribution is 2.27. The van der Waals surface area contributed by atoms with E-state index in [1.54, 1.807) is 0 Å². The van der Waals surface area contributed by atoms with Crippen molar-refractivity contribution in [2.24, 2.45) is 5.92 Å². The van der Waals surface area contributed by atoms with E-state index in [1.807, 2.05) is 0 Å². The van der Waals surface area contributed by atoms with E-state index in [4.69, 9.17) is 0 Å². The summed E-state index contributed by atoms with van der Waals surface area (Å²) in [5.74, 6) is 0.166. The van der Waals surface area contributed by atoms with Gasteiger partial charge in [0.15, 0.2) is 0 Å². The third-order valence-corrected chi connectivity index (χ3v) is 4.12. The third-order valence-electron chi connectivity index (χ3n) is 4.12. The van der Waals surface area contributed by atoms with Gasteiger partial charge in [-0.3, -0.25) is 9.59 Å². The number of carbonyl (C=O) groups excluding carboxylic acids is 1. The van der Waals surface area contributed by atoms with Crippen LogP contribution in [0.1, 0.15) is 25.3 Å². The first-order chi connectivity index (χ1) is 11.3. The van der Waals surface area contributed by atoms with Gasteiger partial charge in [0.05, 0.1) is 5.56 Å². The number of halogens is 3. The van der Waals surface area contributed by atoms with Gasteiger partial charge in [0.25, 0.3) is 5.56 Å². The third kappa shape index (κ3) is 5.36. The fraction of sp³-hybridized carbons (Fsp3) is 0.625. The molecule has 134 valence electrons. The van der Waals surface area contributed by atoms with E-state index < -0.39 is 29.8 Å². The van der Waals surface area contributed by atoms with Gasteiger partial charge in [-0.15, -0.1) is 0 Å². The molecule has 0 unspecified atom stereocenters. The maximum Gasteiger partial charge on any atom is 0.417 e. The smallest absolute Gasteiger partial charge is 0.353 e. The molecule has 24 heavy (non-hydrogen) atoms. The molecule has 5 nitrogen and oxygen atoms in total. The van der Waals surface area contributed by atoms with Gasteiger partial charge in [-0.05, 0) is 31.4 Å². The number of hydrogen-bond acceptors (Lipinski definition) is 3. The van der Waals surface area contributed by atoms with Crippen molar-refractivity contribution >= 4 is 5.91 Å². The molecule has 1 N–H and O–H groups in total. The van der Waals surface area contributed by atoms with Gasteiger partial charge in [-0.1, -0.05) is 6.92 Å². The van der Waals surface area contributed by atoms with Crippen molar-refractivity contribution in [3.05, 3.63) is 34.2 Å². The zero-order valence-electron chi connectivity index (χ0n) is 13.6. The Morgan fingerprint density at radius 1 is 1.38 bits per heavy atom. The predicted octanol–water partition coefficient (Wildman–Crippen LogP) is 1.72. The number of pyridine rings is 1. The number of piperidine rings is 1. The minimum Gasteiger partial charge on any atom is -0.353 e. The van der Waals surface area contributed by atoms with Gasteiger partial charge in [0, 0.05) is 31.9 Å². The van der Waals surface area contributed by atoms with Crippen LogP contribution in [-0.4, -0.2) is 41.6 Å². The van der Waals surface area contributed by atoms with E-state index in [1.165, 1.54) is 6.42 Å². The summed E-state index contributed by atoms with van der Waals surface area (Å²) in [6, 6.07) is 1.54. The van der Waals surface area contributed by atoms with E-state index in [0.29, 0.717) is 31.3 Å². The van der Waals surface area contributed by atoms with Crippen molar-refractivity contribution in [2.75, 3.05) is 26.2 Å². The number of carbonyl (C=O) groups is 1. The summed E-state index contributed by atoms with van der Waals surface area (Å²) in [7, 11) is 0. The van der Waals surface area contributed by atoms with Crippen LogP contribution in [0.5, 0.6) is 0 Å². The van der Waals surface area contributed by atoms with Crippen molar-refractivity contribution in [1.29, 1.82) is 0 Å². The average molecular weight is 345 g/mol. The number of alkyl halides is 3. The molecule has 2 heterocycles. The quantitative estimate of drug-likeness (QED) is 0.884. The van der Waals surface area contributed by atoms with E-state index in [9.17, 15) is 22.8 Å². The summed E-state index contributed by atoms with van der Waals surface area (Å²) in [6.07, 6.45) is -1.53. The molecule has 0 saturated carbocycles. The zero-order valence-corrected chi connectivity index (χ0v) is 13.6. The molecule has 0 aliphatic carbocycles. The second kappa shape index (κ2) is 7.83. The summed E-state index contributed by atoms with van der Waals surface area (Å²) in [5, 5.41) is 2.66. The lowest BCUT2D eigenvalue weighted by molar-refractivity contribution is -0.138. The first-order valence-electron chi connectivity index (χ1n) is 8.02. The fourth-order valence-corrected chi connectivity index (χ4v) is 2.88. The van der Waals surface area contributed by atoms with Crippen LogP contribution in [0.3, 0.4) is 0 Å². The minimum atomic E-state index is -4.54. The predicted molar refractivity (Wildman–Crippen MR) is 83.6 cm³/mol. The number of hydrogen-bond donors (Lipinski definition) is 1. The Morgan fingerprint density at radius 2 is 2.12 bits per heavy atom. The van der Waals surface area contributed by atoms with Gasteiger partial charge in [0.2, 0.25) is 5.91 Å². The molecule has 0 aromatic carbocycles. The molecular weight excluding hydrogens is 323 g/mol.